The van der Waals surface area contributed by atoms with Crippen molar-refractivity contribution in [1.29, 1.82) is 0 Å². The molecular formula is C23H22ClN5O3. The van der Waals surface area contributed by atoms with Crippen molar-refractivity contribution in [3.05, 3.63) is 77.8 Å². The Morgan fingerprint density at radius 3 is 2.44 bits per heavy atom. The van der Waals surface area contributed by atoms with Gasteiger partial charge in [-0.05, 0) is 36.4 Å². The van der Waals surface area contributed by atoms with E-state index in [1.165, 1.54) is 18.6 Å². The molecule has 0 saturated carbocycles. The number of carbonyl (C=O) groups excluding carboxylic acids is 2. The van der Waals surface area contributed by atoms with Crippen LogP contribution in [-0.2, 0) is 4.79 Å². The van der Waals surface area contributed by atoms with Crippen LogP contribution in [-0.4, -0.2) is 64.3 Å². The number of aromatic nitrogens is 2. The first-order valence-corrected chi connectivity index (χ1v) is 10.6. The second kappa shape index (κ2) is 10.2. The van der Waals surface area contributed by atoms with Crippen LogP contribution in [0.2, 0.25) is 5.02 Å². The summed E-state index contributed by atoms with van der Waals surface area (Å²) in [6.07, 6.45) is 4.50. The van der Waals surface area contributed by atoms with Crippen molar-refractivity contribution in [1.82, 2.24) is 19.8 Å². The smallest absolute Gasteiger partial charge is 0.274 e. The summed E-state index contributed by atoms with van der Waals surface area (Å²) in [5.41, 5.74) is 1.01. The highest BCUT2D eigenvalue weighted by Gasteiger charge is 2.24. The second-order valence-corrected chi connectivity index (χ2v) is 7.67. The molecular weight excluding hydrogens is 430 g/mol. The van der Waals surface area contributed by atoms with Crippen LogP contribution in [0.15, 0.2) is 67.1 Å². The van der Waals surface area contributed by atoms with Crippen LogP contribution in [0.1, 0.15) is 10.5 Å². The summed E-state index contributed by atoms with van der Waals surface area (Å²) < 4.78 is 5.76. The van der Waals surface area contributed by atoms with Gasteiger partial charge >= 0.3 is 0 Å². The van der Waals surface area contributed by atoms with Gasteiger partial charge in [-0.25, -0.2) is 4.98 Å². The molecule has 0 spiro atoms. The molecule has 4 rings (SSSR count). The van der Waals surface area contributed by atoms with Crippen molar-refractivity contribution in [2.75, 3.05) is 38.0 Å². The number of para-hydroxylation sites is 1. The van der Waals surface area contributed by atoms with Crippen LogP contribution in [0.5, 0.6) is 11.5 Å². The minimum Gasteiger partial charge on any atom is -0.456 e. The second-order valence-electron chi connectivity index (χ2n) is 7.26. The monoisotopic (exact) mass is 451 g/mol. The van der Waals surface area contributed by atoms with Crippen molar-refractivity contribution < 1.29 is 14.3 Å². The van der Waals surface area contributed by atoms with Gasteiger partial charge in [0, 0.05) is 44.3 Å². The van der Waals surface area contributed by atoms with Crippen LogP contribution in [0.4, 0.5) is 5.69 Å². The Hall–Kier alpha value is -3.49. The Bertz CT molecular complexity index is 1070. The number of hydrogen-bond donors (Lipinski definition) is 1. The van der Waals surface area contributed by atoms with Gasteiger partial charge in [0.2, 0.25) is 5.91 Å². The number of hydrogen-bond acceptors (Lipinski definition) is 6. The molecule has 1 N–H and O–H groups in total. The van der Waals surface area contributed by atoms with Crippen LogP contribution >= 0.6 is 11.6 Å². The third kappa shape index (κ3) is 5.60. The first-order chi connectivity index (χ1) is 15.6. The topological polar surface area (TPSA) is 87.7 Å². The average molecular weight is 452 g/mol. The highest BCUT2D eigenvalue weighted by Crippen LogP contribution is 2.29. The van der Waals surface area contributed by atoms with E-state index in [1.807, 2.05) is 17.0 Å². The molecule has 0 atom stereocenters. The van der Waals surface area contributed by atoms with Gasteiger partial charge < -0.3 is 15.0 Å². The summed E-state index contributed by atoms with van der Waals surface area (Å²) in [5, 5.41) is 3.42. The third-order valence-electron chi connectivity index (χ3n) is 5.01. The molecule has 9 heteroatoms. The zero-order chi connectivity index (χ0) is 22.3. The molecule has 1 aliphatic rings. The third-order valence-corrected chi connectivity index (χ3v) is 5.32. The number of benzene rings is 2. The number of carbonyl (C=O) groups is 2. The standard InChI is InChI=1S/C23H22ClN5O3/c24-19-3-1-2-4-21(19)32-18-7-5-17(6-8-18)27-22(30)16-28-11-13-29(14-12-28)23(31)20-15-25-9-10-26-20/h1-10,15H,11-14,16H2,(H,27,30). The maximum absolute atomic E-state index is 12.4. The van der Waals surface area contributed by atoms with Gasteiger partial charge in [0.15, 0.2) is 0 Å². The first kappa shape index (κ1) is 21.7. The highest BCUT2D eigenvalue weighted by atomic mass is 35.5. The molecule has 8 nitrogen and oxygen atoms in total. The molecule has 32 heavy (non-hydrogen) atoms. The zero-order valence-corrected chi connectivity index (χ0v) is 18.0. The molecule has 1 aromatic heterocycles. The fraction of sp³-hybridized carbons (Fsp3) is 0.217. The number of piperazine rings is 1. The molecule has 1 aliphatic heterocycles. The Morgan fingerprint density at radius 2 is 1.75 bits per heavy atom. The van der Waals surface area contributed by atoms with Gasteiger partial charge in [-0.15, -0.1) is 0 Å². The van der Waals surface area contributed by atoms with Crippen LogP contribution in [0.25, 0.3) is 0 Å². The van der Waals surface area contributed by atoms with Crippen molar-refractivity contribution in [3.8, 4) is 11.5 Å². The lowest BCUT2D eigenvalue weighted by atomic mass is 10.2. The molecule has 3 aromatic rings. The van der Waals surface area contributed by atoms with E-state index in [2.05, 4.69) is 15.3 Å². The number of nitrogens with one attached hydrogen (secondary N) is 1. The summed E-state index contributed by atoms with van der Waals surface area (Å²) in [7, 11) is 0. The molecule has 2 aromatic carbocycles. The van der Waals surface area contributed by atoms with Crippen LogP contribution in [0.3, 0.4) is 0 Å². The van der Waals surface area contributed by atoms with E-state index in [9.17, 15) is 9.59 Å². The largest absolute Gasteiger partial charge is 0.456 e. The molecule has 1 fully saturated rings. The maximum atomic E-state index is 12.4. The fourth-order valence-electron chi connectivity index (χ4n) is 3.34. The Kier molecular flexibility index (Phi) is 6.94. The Morgan fingerprint density at radius 1 is 1.00 bits per heavy atom. The van der Waals surface area contributed by atoms with E-state index in [0.717, 1.165) is 0 Å². The van der Waals surface area contributed by atoms with Crippen molar-refractivity contribution in [2.24, 2.45) is 0 Å². The molecule has 0 aliphatic carbocycles. The lowest BCUT2D eigenvalue weighted by molar-refractivity contribution is -0.117. The Balaban J connectivity index is 1.24. The summed E-state index contributed by atoms with van der Waals surface area (Å²) >= 11 is 6.11. The Labute approximate surface area is 190 Å². The number of amides is 2. The predicted molar refractivity (Wildman–Crippen MR) is 121 cm³/mol. The van der Waals surface area contributed by atoms with E-state index in [0.29, 0.717) is 54.1 Å². The molecule has 164 valence electrons. The minimum atomic E-state index is -0.138. The lowest BCUT2D eigenvalue weighted by Crippen LogP contribution is -2.50. The number of anilines is 1. The number of ether oxygens (including phenoxy) is 1. The van der Waals surface area contributed by atoms with E-state index in [1.54, 1.807) is 41.3 Å². The van der Waals surface area contributed by atoms with Crippen molar-refractivity contribution in [2.45, 2.75) is 0 Å². The van der Waals surface area contributed by atoms with E-state index in [-0.39, 0.29) is 18.4 Å². The molecule has 0 unspecified atom stereocenters. The quantitative estimate of drug-likeness (QED) is 0.618. The zero-order valence-electron chi connectivity index (χ0n) is 17.3. The van der Waals surface area contributed by atoms with Crippen LogP contribution in [0, 0.1) is 0 Å². The summed E-state index contributed by atoms with van der Waals surface area (Å²) in [6, 6.07) is 14.3. The summed E-state index contributed by atoms with van der Waals surface area (Å²) in [6.45, 7) is 2.56. The van der Waals surface area contributed by atoms with Crippen LogP contribution < -0.4 is 10.1 Å². The van der Waals surface area contributed by atoms with Gasteiger partial charge in [0.1, 0.15) is 17.2 Å². The minimum absolute atomic E-state index is 0.113. The molecule has 1 saturated heterocycles. The lowest BCUT2D eigenvalue weighted by Gasteiger charge is -2.34. The first-order valence-electron chi connectivity index (χ1n) is 10.2. The van der Waals surface area contributed by atoms with Gasteiger partial charge in [-0.2, -0.15) is 0 Å². The molecule has 0 radical (unpaired) electrons. The van der Waals surface area contributed by atoms with Gasteiger partial charge in [0.25, 0.3) is 5.91 Å². The van der Waals surface area contributed by atoms with Gasteiger partial charge in [-0.1, -0.05) is 23.7 Å². The van der Waals surface area contributed by atoms with Crippen molar-refractivity contribution >= 4 is 29.1 Å². The summed E-state index contributed by atoms with van der Waals surface area (Å²) in [5.74, 6) is 0.947. The molecule has 0 bridgehead atoms. The van der Waals surface area contributed by atoms with E-state index >= 15 is 0 Å². The average Bonchev–Trinajstić information content (AvgIpc) is 2.82. The maximum Gasteiger partial charge on any atom is 0.274 e. The number of rotatable bonds is 6. The van der Waals surface area contributed by atoms with E-state index < -0.39 is 0 Å². The predicted octanol–water partition coefficient (Wildman–Crippen LogP) is 3.32. The van der Waals surface area contributed by atoms with Gasteiger partial charge in [0.05, 0.1) is 17.8 Å². The molecule has 2 heterocycles. The molecule has 2 amide bonds. The fourth-order valence-corrected chi connectivity index (χ4v) is 3.52. The van der Waals surface area contributed by atoms with Gasteiger partial charge in [-0.3, -0.25) is 19.5 Å². The number of nitrogens with zero attached hydrogens (tertiary/aromatic N) is 4. The SMILES string of the molecule is O=C(CN1CCN(C(=O)c2cnccn2)CC1)Nc1ccc(Oc2ccccc2Cl)cc1. The number of halogens is 1. The normalized spacial score (nSPS) is 14.1. The summed E-state index contributed by atoms with van der Waals surface area (Å²) in [4.78, 5) is 36.6. The highest BCUT2D eigenvalue weighted by molar-refractivity contribution is 6.32. The van der Waals surface area contributed by atoms with E-state index in [4.69, 9.17) is 16.3 Å². The van der Waals surface area contributed by atoms with Crippen molar-refractivity contribution in [3.63, 3.8) is 0 Å².